The van der Waals surface area contributed by atoms with Gasteiger partial charge in [-0.2, -0.15) is 5.10 Å². The van der Waals surface area contributed by atoms with E-state index in [9.17, 15) is 4.39 Å². The first-order chi connectivity index (χ1) is 12.0. The van der Waals surface area contributed by atoms with E-state index >= 15 is 0 Å². The van der Waals surface area contributed by atoms with E-state index in [2.05, 4.69) is 10.4 Å². The topological polar surface area (TPSA) is 77.7 Å². The van der Waals surface area contributed by atoms with E-state index in [0.29, 0.717) is 34.2 Å². The first-order valence-corrected chi connectivity index (χ1v) is 8.32. The van der Waals surface area contributed by atoms with Gasteiger partial charge in [-0.3, -0.25) is 0 Å². The van der Waals surface area contributed by atoms with Gasteiger partial charge in [0.2, 0.25) is 0 Å². The third kappa shape index (κ3) is 3.53. The average Bonchev–Trinajstić information content (AvgIpc) is 3.20. The van der Waals surface area contributed by atoms with Crippen LogP contribution >= 0.6 is 23.2 Å². The minimum absolute atomic E-state index is 0.219. The molecule has 3 aromatic rings. The molecule has 134 valence electrons. The lowest BCUT2D eigenvalue weighted by atomic mass is 10.1. The molecule has 3 rings (SSSR count). The molecular formula is C16H17Cl2FN4O2. The molecule has 0 spiro atoms. The van der Waals surface area contributed by atoms with Crippen LogP contribution in [0.4, 0.5) is 10.1 Å². The molecule has 0 aliphatic carbocycles. The Kier molecular flexibility index (Phi) is 5.36. The van der Waals surface area contributed by atoms with E-state index in [-0.39, 0.29) is 11.6 Å². The van der Waals surface area contributed by atoms with Gasteiger partial charge in [-0.05, 0) is 18.6 Å². The average molecular weight is 387 g/mol. The summed E-state index contributed by atoms with van der Waals surface area (Å²) in [5, 5.41) is 7.98. The van der Waals surface area contributed by atoms with Gasteiger partial charge in [0.15, 0.2) is 10.9 Å². The molecule has 0 saturated carbocycles. The van der Waals surface area contributed by atoms with Gasteiger partial charge in [0, 0.05) is 17.7 Å². The second-order valence-corrected chi connectivity index (χ2v) is 6.24. The number of rotatable bonds is 7. The number of hydrogen-bond acceptors (Lipinski definition) is 5. The molecule has 3 N–H and O–H groups in total. The number of fused-ring (bicyclic) bond motifs is 1. The maximum atomic E-state index is 12.8. The lowest BCUT2D eigenvalue weighted by Crippen LogP contribution is -2.25. The van der Waals surface area contributed by atoms with E-state index in [1.54, 1.807) is 18.4 Å². The normalized spacial score (nSPS) is 12.5. The number of furan rings is 1. The van der Waals surface area contributed by atoms with Gasteiger partial charge in [0.1, 0.15) is 23.1 Å². The lowest BCUT2D eigenvalue weighted by Gasteiger charge is -2.10. The Morgan fingerprint density at radius 2 is 2.28 bits per heavy atom. The van der Waals surface area contributed by atoms with E-state index in [0.717, 1.165) is 5.76 Å². The van der Waals surface area contributed by atoms with Gasteiger partial charge < -0.3 is 20.2 Å². The SMILES string of the molecule is COc1c(C[C@@H](N)CF)c(Cl)n2nc(Cl)cc(NCc3ccco3)c12. The molecule has 0 amide bonds. The molecule has 0 bridgehead atoms. The Labute approximate surface area is 153 Å². The van der Waals surface area contributed by atoms with Crippen molar-refractivity contribution < 1.29 is 13.5 Å². The summed E-state index contributed by atoms with van der Waals surface area (Å²) >= 11 is 12.5. The van der Waals surface area contributed by atoms with Gasteiger partial charge in [0.05, 0.1) is 25.6 Å². The summed E-state index contributed by atoms with van der Waals surface area (Å²) in [5.41, 5.74) is 7.59. The smallest absolute Gasteiger partial charge is 0.153 e. The molecule has 1 atom stereocenters. The van der Waals surface area contributed by atoms with Crippen LogP contribution in [0.2, 0.25) is 10.3 Å². The van der Waals surface area contributed by atoms with E-state index < -0.39 is 12.7 Å². The number of nitrogens with one attached hydrogen (secondary N) is 1. The minimum atomic E-state index is -0.682. The van der Waals surface area contributed by atoms with Crippen LogP contribution in [-0.2, 0) is 13.0 Å². The van der Waals surface area contributed by atoms with Crippen molar-refractivity contribution in [2.45, 2.75) is 19.0 Å². The number of ether oxygens (including phenoxy) is 1. The number of anilines is 1. The fourth-order valence-electron chi connectivity index (χ4n) is 2.64. The molecule has 6 nitrogen and oxygen atoms in total. The standard InChI is InChI=1S/C16H17Cl2FN4O2/c1-24-15-11(5-9(20)7-19)16(18)23-14(15)12(6-13(17)22-23)21-8-10-3-2-4-25-10/h2-4,6,9,21H,5,7-8,20H2,1H3/t9-/m1/s1. The Morgan fingerprint density at radius 1 is 1.48 bits per heavy atom. The summed E-state index contributed by atoms with van der Waals surface area (Å²) in [4.78, 5) is 0. The van der Waals surface area contributed by atoms with Crippen molar-refractivity contribution in [1.29, 1.82) is 0 Å². The largest absolute Gasteiger partial charge is 0.494 e. The number of methoxy groups -OCH3 is 1. The van der Waals surface area contributed by atoms with Gasteiger partial charge in [0.25, 0.3) is 0 Å². The highest BCUT2D eigenvalue weighted by atomic mass is 35.5. The van der Waals surface area contributed by atoms with Crippen molar-refractivity contribution in [3.8, 4) is 5.75 Å². The molecule has 0 fully saturated rings. The van der Waals surface area contributed by atoms with E-state index in [4.69, 9.17) is 38.1 Å². The molecule has 9 heteroatoms. The minimum Gasteiger partial charge on any atom is -0.494 e. The van der Waals surface area contributed by atoms with Crippen molar-refractivity contribution in [3.05, 3.63) is 46.1 Å². The quantitative estimate of drug-likeness (QED) is 0.647. The third-order valence-corrected chi connectivity index (χ3v) is 4.32. The van der Waals surface area contributed by atoms with Crippen LogP contribution in [0.1, 0.15) is 11.3 Å². The van der Waals surface area contributed by atoms with Crippen molar-refractivity contribution >= 4 is 34.4 Å². The molecule has 3 aromatic heterocycles. The van der Waals surface area contributed by atoms with Crippen LogP contribution < -0.4 is 15.8 Å². The van der Waals surface area contributed by atoms with Gasteiger partial charge in [-0.1, -0.05) is 23.2 Å². The zero-order valence-electron chi connectivity index (χ0n) is 13.4. The zero-order chi connectivity index (χ0) is 18.0. The fraction of sp³-hybridized carbons (Fsp3) is 0.312. The van der Waals surface area contributed by atoms with Crippen molar-refractivity contribution in [1.82, 2.24) is 9.61 Å². The molecule has 0 radical (unpaired) electrons. The van der Waals surface area contributed by atoms with Crippen molar-refractivity contribution in [2.24, 2.45) is 5.73 Å². The summed E-state index contributed by atoms with van der Waals surface area (Å²) in [6.07, 6.45) is 1.81. The second-order valence-electron chi connectivity index (χ2n) is 5.50. The highest BCUT2D eigenvalue weighted by Crippen LogP contribution is 2.39. The number of halogens is 3. The number of alkyl halides is 1. The second kappa shape index (κ2) is 7.51. The van der Waals surface area contributed by atoms with Crippen molar-refractivity contribution in [3.63, 3.8) is 0 Å². The monoisotopic (exact) mass is 386 g/mol. The fourth-order valence-corrected chi connectivity index (χ4v) is 3.11. The number of nitrogens with two attached hydrogens (primary N) is 1. The van der Waals surface area contributed by atoms with E-state index in [1.807, 2.05) is 6.07 Å². The lowest BCUT2D eigenvalue weighted by molar-refractivity contribution is 0.402. The maximum absolute atomic E-state index is 12.8. The Hall–Kier alpha value is -1.96. The number of aromatic nitrogens is 2. The highest BCUT2D eigenvalue weighted by molar-refractivity contribution is 6.32. The Morgan fingerprint density at radius 3 is 2.92 bits per heavy atom. The molecule has 3 heterocycles. The first-order valence-electron chi connectivity index (χ1n) is 7.56. The predicted molar refractivity (Wildman–Crippen MR) is 95.5 cm³/mol. The predicted octanol–water partition coefficient (Wildman–Crippen LogP) is 3.69. The van der Waals surface area contributed by atoms with Crippen LogP contribution in [0, 0.1) is 0 Å². The summed E-state index contributed by atoms with van der Waals surface area (Å²) in [6, 6.07) is 4.63. The first kappa shape index (κ1) is 17.8. The molecule has 0 unspecified atom stereocenters. The molecule has 0 aliphatic rings. The molecule has 25 heavy (non-hydrogen) atoms. The summed E-state index contributed by atoms with van der Waals surface area (Å²) in [5.74, 6) is 1.24. The molecule has 0 aliphatic heterocycles. The van der Waals surface area contributed by atoms with Crippen LogP contribution in [0.15, 0.2) is 28.9 Å². The Balaban J connectivity index is 2.08. The van der Waals surface area contributed by atoms with E-state index in [1.165, 1.54) is 11.6 Å². The number of hydrogen-bond donors (Lipinski definition) is 2. The Bertz CT molecular complexity index is 867. The van der Waals surface area contributed by atoms with Crippen LogP contribution in [0.3, 0.4) is 0 Å². The number of nitrogens with zero attached hydrogens (tertiary/aromatic N) is 2. The molecular weight excluding hydrogens is 370 g/mol. The molecule has 0 saturated heterocycles. The van der Waals surface area contributed by atoms with Crippen molar-refractivity contribution in [2.75, 3.05) is 19.1 Å². The van der Waals surface area contributed by atoms with Crippen LogP contribution in [0.25, 0.3) is 5.52 Å². The van der Waals surface area contributed by atoms with Crippen LogP contribution in [0.5, 0.6) is 5.75 Å². The van der Waals surface area contributed by atoms with Crippen LogP contribution in [-0.4, -0.2) is 29.4 Å². The zero-order valence-corrected chi connectivity index (χ0v) is 14.9. The maximum Gasteiger partial charge on any atom is 0.153 e. The van der Waals surface area contributed by atoms with Gasteiger partial charge in [-0.15, -0.1) is 0 Å². The third-order valence-electron chi connectivity index (χ3n) is 3.75. The summed E-state index contributed by atoms with van der Waals surface area (Å²) in [6.45, 7) is -0.224. The summed E-state index contributed by atoms with van der Waals surface area (Å²) in [7, 11) is 1.51. The van der Waals surface area contributed by atoms with Gasteiger partial charge >= 0.3 is 0 Å². The van der Waals surface area contributed by atoms with Gasteiger partial charge in [-0.25, -0.2) is 8.91 Å². The highest BCUT2D eigenvalue weighted by Gasteiger charge is 2.24. The summed E-state index contributed by atoms with van der Waals surface area (Å²) < 4.78 is 25.1. The molecule has 0 aromatic carbocycles.